The molecule has 0 aromatic rings. The normalized spacial score (nSPS) is 53.6. The molecule has 0 aromatic heterocycles. The topological polar surface area (TPSA) is 129 Å². The highest BCUT2D eigenvalue weighted by Crippen LogP contribution is 2.70. The molecule has 2 saturated heterocycles. The zero-order valence-corrected chi connectivity index (χ0v) is 25.3. The van der Waals surface area contributed by atoms with Crippen LogP contribution in [0.5, 0.6) is 0 Å². The zero-order valence-electron chi connectivity index (χ0n) is 25.3. The van der Waals surface area contributed by atoms with Crippen molar-refractivity contribution in [2.75, 3.05) is 13.2 Å². The van der Waals surface area contributed by atoms with Crippen LogP contribution in [0.3, 0.4) is 0 Å². The van der Waals surface area contributed by atoms with E-state index in [1.54, 1.807) is 5.57 Å². The largest absolute Gasteiger partial charge is 0.394 e. The molecule has 0 aromatic carbocycles. The molecule has 8 heteroatoms. The van der Waals surface area contributed by atoms with Crippen LogP contribution < -0.4 is 0 Å². The summed E-state index contributed by atoms with van der Waals surface area (Å²) in [6, 6.07) is 0. The van der Waals surface area contributed by atoms with Crippen LogP contribution in [0.2, 0.25) is 0 Å². The monoisotopic (exact) mass is 577 g/mol. The van der Waals surface area contributed by atoms with Gasteiger partial charge in [-0.1, -0.05) is 39.3 Å². The van der Waals surface area contributed by atoms with Crippen molar-refractivity contribution in [1.29, 1.82) is 0 Å². The molecule has 41 heavy (non-hydrogen) atoms. The third kappa shape index (κ3) is 4.87. The van der Waals surface area contributed by atoms with Gasteiger partial charge in [-0.25, -0.2) is 0 Å². The number of aliphatic hydroxyl groups is 5. The molecule has 15 atom stereocenters. The fraction of sp³-hybridized carbons (Fsp3) is 0.909. The second-order valence-electron chi connectivity index (χ2n) is 15.1. The van der Waals surface area contributed by atoms with Crippen LogP contribution in [-0.4, -0.2) is 81.3 Å². The van der Waals surface area contributed by atoms with Gasteiger partial charge in [0.25, 0.3) is 0 Å². The van der Waals surface area contributed by atoms with Gasteiger partial charge in [0.05, 0.1) is 19.3 Å². The van der Waals surface area contributed by atoms with Gasteiger partial charge < -0.3 is 39.7 Å². The standard InChI is InChI=1S/C33H53O8/c1-18(17-39-30-29(37)28(36)27(35)25(16-34)40-30)10-14-33(38)19(2)26-24(41-33)15-23-21-9-8-20-7-5-6-12-31(20,3)22(21)11-13-32(23,26)4/h5,8,18-19,21-30,34-38H,6-7,9-17H2,1-4H3/t18-,19+,21-,22+,23+,24+,25-,26+,27-,28-,29-,30-,31+,32+,33+/m1/s1. The number of hydrogen-bond donors (Lipinski definition) is 5. The highest BCUT2D eigenvalue weighted by atomic mass is 16.7. The first kappa shape index (κ1) is 30.4. The molecular weight excluding hydrogens is 524 g/mol. The molecule has 0 bridgehead atoms. The minimum absolute atomic E-state index is 0.0399. The Hall–Kier alpha value is -0.580. The van der Waals surface area contributed by atoms with Crippen LogP contribution in [0.1, 0.15) is 85.5 Å². The lowest BCUT2D eigenvalue weighted by atomic mass is 9.47. The molecule has 6 rings (SSSR count). The summed E-state index contributed by atoms with van der Waals surface area (Å²) in [4.78, 5) is 0. The van der Waals surface area contributed by atoms with E-state index in [-0.39, 0.29) is 30.0 Å². The fourth-order valence-electron chi connectivity index (χ4n) is 10.5. The number of aliphatic hydroxyl groups excluding tert-OH is 4. The van der Waals surface area contributed by atoms with Gasteiger partial charge in [-0.05, 0) is 98.2 Å². The summed E-state index contributed by atoms with van der Waals surface area (Å²) < 4.78 is 17.8. The van der Waals surface area contributed by atoms with Crippen LogP contribution in [0.15, 0.2) is 11.6 Å². The van der Waals surface area contributed by atoms with Gasteiger partial charge in [0.2, 0.25) is 0 Å². The van der Waals surface area contributed by atoms with Crippen molar-refractivity contribution in [2.45, 2.75) is 128 Å². The average Bonchev–Trinajstić information content (AvgIpc) is 3.39. The molecule has 233 valence electrons. The van der Waals surface area contributed by atoms with E-state index in [0.29, 0.717) is 30.1 Å². The van der Waals surface area contributed by atoms with Gasteiger partial charge >= 0.3 is 0 Å². The number of ether oxygens (including phenoxy) is 3. The molecule has 5 N–H and O–H groups in total. The zero-order chi connectivity index (χ0) is 29.3. The Morgan fingerprint density at radius 2 is 1.88 bits per heavy atom. The van der Waals surface area contributed by atoms with Crippen molar-refractivity contribution >= 4 is 0 Å². The Kier molecular flexibility index (Phi) is 8.24. The molecule has 2 aliphatic heterocycles. The molecule has 0 unspecified atom stereocenters. The van der Waals surface area contributed by atoms with E-state index in [1.807, 2.05) is 6.92 Å². The van der Waals surface area contributed by atoms with Crippen molar-refractivity contribution in [3.8, 4) is 0 Å². The van der Waals surface area contributed by atoms with Crippen LogP contribution >= 0.6 is 0 Å². The maximum atomic E-state index is 11.8. The highest BCUT2D eigenvalue weighted by Gasteiger charge is 2.67. The molecule has 1 radical (unpaired) electrons. The summed E-state index contributed by atoms with van der Waals surface area (Å²) in [6.07, 6.45) is 8.42. The highest BCUT2D eigenvalue weighted by molar-refractivity contribution is 5.27. The molecule has 2 heterocycles. The molecule has 0 spiro atoms. The smallest absolute Gasteiger partial charge is 0.186 e. The Morgan fingerprint density at radius 3 is 2.63 bits per heavy atom. The van der Waals surface area contributed by atoms with E-state index in [1.165, 1.54) is 38.5 Å². The van der Waals surface area contributed by atoms with E-state index in [2.05, 4.69) is 33.3 Å². The third-order valence-corrected chi connectivity index (χ3v) is 12.9. The lowest BCUT2D eigenvalue weighted by Crippen LogP contribution is -2.59. The molecule has 3 saturated carbocycles. The number of hydrogen-bond acceptors (Lipinski definition) is 8. The average molecular weight is 578 g/mol. The quantitative estimate of drug-likeness (QED) is 0.292. The lowest BCUT2D eigenvalue weighted by Gasteiger charge is -2.58. The van der Waals surface area contributed by atoms with Crippen molar-refractivity contribution in [3.05, 3.63) is 18.1 Å². The van der Waals surface area contributed by atoms with Gasteiger partial charge in [-0.2, -0.15) is 0 Å². The van der Waals surface area contributed by atoms with Crippen molar-refractivity contribution in [3.63, 3.8) is 0 Å². The summed E-state index contributed by atoms with van der Waals surface area (Å²) in [5.41, 5.74) is 2.24. The third-order valence-electron chi connectivity index (χ3n) is 12.9. The van der Waals surface area contributed by atoms with Gasteiger partial charge in [-0.15, -0.1) is 0 Å². The van der Waals surface area contributed by atoms with E-state index in [4.69, 9.17) is 14.2 Å². The fourth-order valence-corrected chi connectivity index (χ4v) is 10.5. The predicted molar refractivity (Wildman–Crippen MR) is 152 cm³/mol. The maximum Gasteiger partial charge on any atom is 0.186 e. The van der Waals surface area contributed by atoms with Crippen molar-refractivity contribution < 1.29 is 39.7 Å². The SMILES string of the molecule is C[C@H](CC[C@]1(O)O[C@H]2C[C@H]3[C@@H]4CC=C5C[CH]CC[C@]5(C)[C@H]4CC[C@]3(C)[C@H]2[C@@H]1C)CO[C@@H]1O[C@H](CO)[C@@H](O)[C@@H](O)[C@H]1O. The maximum absolute atomic E-state index is 11.8. The first-order valence-corrected chi connectivity index (χ1v) is 16.3. The number of fused-ring (bicyclic) bond motifs is 7. The second-order valence-corrected chi connectivity index (χ2v) is 15.1. The number of rotatable bonds is 7. The molecular formula is C33H53O8. The molecule has 6 aliphatic rings. The Morgan fingerprint density at radius 1 is 1.10 bits per heavy atom. The van der Waals surface area contributed by atoms with E-state index < -0.39 is 43.1 Å². The van der Waals surface area contributed by atoms with Crippen LogP contribution in [0, 0.1) is 52.8 Å². The Balaban J connectivity index is 1.06. The number of allylic oxidation sites excluding steroid dienone is 2. The van der Waals surface area contributed by atoms with Crippen LogP contribution in [-0.2, 0) is 14.2 Å². The van der Waals surface area contributed by atoms with Gasteiger partial charge in [0.1, 0.15) is 24.4 Å². The summed E-state index contributed by atoms with van der Waals surface area (Å²) in [5.74, 6) is 1.42. The van der Waals surface area contributed by atoms with Gasteiger partial charge in [0, 0.05) is 12.3 Å². The van der Waals surface area contributed by atoms with E-state index in [9.17, 15) is 25.5 Å². The molecule has 5 fully saturated rings. The minimum atomic E-state index is -1.45. The summed E-state index contributed by atoms with van der Waals surface area (Å²) in [6.45, 7) is 9.01. The summed E-state index contributed by atoms with van der Waals surface area (Å²) in [7, 11) is 0. The van der Waals surface area contributed by atoms with E-state index >= 15 is 0 Å². The Bertz CT molecular complexity index is 986. The van der Waals surface area contributed by atoms with Crippen molar-refractivity contribution in [1.82, 2.24) is 0 Å². The van der Waals surface area contributed by atoms with Crippen LogP contribution in [0.4, 0.5) is 0 Å². The Labute approximate surface area is 245 Å². The second kappa shape index (κ2) is 11.1. The summed E-state index contributed by atoms with van der Waals surface area (Å²) >= 11 is 0. The van der Waals surface area contributed by atoms with E-state index in [0.717, 1.165) is 18.3 Å². The lowest BCUT2D eigenvalue weighted by molar-refractivity contribution is -0.303. The minimum Gasteiger partial charge on any atom is -0.394 e. The van der Waals surface area contributed by atoms with Crippen LogP contribution in [0.25, 0.3) is 0 Å². The molecule has 8 nitrogen and oxygen atoms in total. The predicted octanol–water partition coefficient (Wildman–Crippen LogP) is 3.34. The van der Waals surface area contributed by atoms with Gasteiger partial charge in [-0.3, -0.25) is 0 Å². The first-order chi connectivity index (χ1) is 19.4. The first-order valence-electron chi connectivity index (χ1n) is 16.3. The molecule has 0 amide bonds. The van der Waals surface area contributed by atoms with Crippen molar-refractivity contribution in [2.24, 2.45) is 46.3 Å². The summed E-state index contributed by atoms with van der Waals surface area (Å²) in [5, 5.41) is 51.5. The van der Waals surface area contributed by atoms with Gasteiger partial charge in [0.15, 0.2) is 12.1 Å². The molecule has 4 aliphatic carbocycles.